The third-order valence-corrected chi connectivity index (χ3v) is 2.84. The summed E-state index contributed by atoms with van der Waals surface area (Å²) in [7, 11) is 0. The highest BCUT2D eigenvalue weighted by Gasteiger charge is 2.28. The lowest BCUT2D eigenvalue weighted by Gasteiger charge is -2.35. The van der Waals surface area contributed by atoms with Crippen molar-refractivity contribution in [2.45, 2.75) is 44.9 Å². The molecule has 1 aliphatic heterocycles. The van der Waals surface area contributed by atoms with E-state index in [0.717, 1.165) is 31.8 Å². The molecule has 0 spiro atoms. The monoisotopic (exact) mass is 245 g/mol. The van der Waals surface area contributed by atoms with Crippen LogP contribution in [-0.2, 0) is 11.3 Å². The molecule has 1 aliphatic rings. The SMILES string of the molecule is CC1(C)CC(NCc2ccco2)CCO1.Cl. The summed E-state index contributed by atoms with van der Waals surface area (Å²) >= 11 is 0. The molecule has 0 aromatic carbocycles. The smallest absolute Gasteiger partial charge is 0.117 e. The van der Waals surface area contributed by atoms with Gasteiger partial charge >= 0.3 is 0 Å². The van der Waals surface area contributed by atoms with Crippen LogP contribution in [0.4, 0.5) is 0 Å². The summed E-state index contributed by atoms with van der Waals surface area (Å²) in [5, 5.41) is 3.51. The molecule has 0 radical (unpaired) electrons. The maximum Gasteiger partial charge on any atom is 0.117 e. The van der Waals surface area contributed by atoms with Crippen molar-refractivity contribution < 1.29 is 9.15 Å². The zero-order valence-electron chi connectivity index (χ0n) is 9.86. The summed E-state index contributed by atoms with van der Waals surface area (Å²) in [6.07, 6.45) is 3.86. The number of halogens is 1. The number of nitrogens with one attached hydrogen (secondary N) is 1. The number of hydrogen-bond donors (Lipinski definition) is 1. The molecule has 1 unspecified atom stereocenters. The molecule has 1 atom stereocenters. The fourth-order valence-electron chi connectivity index (χ4n) is 2.06. The highest BCUT2D eigenvalue weighted by molar-refractivity contribution is 5.85. The second-order valence-corrected chi connectivity index (χ2v) is 4.76. The molecule has 16 heavy (non-hydrogen) atoms. The van der Waals surface area contributed by atoms with Crippen LogP contribution in [0.3, 0.4) is 0 Å². The second kappa shape index (κ2) is 5.71. The molecule has 3 nitrogen and oxygen atoms in total. The summed E-state index contributed by atoms with van der Waals surface area (Å²) in [5.74, 6) is 0.999. The normalized spacial score (nSPS) is 23.8. The Bertz CT molecular complexity index is 298. The lowest BCUT2D eigenvalue weighted by atomic mass is 9.94. The Balaban J connectivity index is 0.00000128. The summed E-state index contributed by atoms with van der Waals surface area (Å²) in [6, 6.07) is 4.46. The number of ether oxygens (including phenoxy) is 1. The predicted molar refractivity (Wildman–Crippen MR) is 65.8 cm³/mol. The van der Waals surface area contributed by atoms with Crippen LogP contribution in [0.15, 0.2) is 22.8 Å². The van der Waals surface area contributed by atoms with Crippen molar-refractivity contribution in [3.8, 4) is 0 Å². The molecule has 92 valence electrons. The largest absolute Gasteiger partial charge is 0.468 e. The third-order valence-electron chi connectivity index (χ3n) is 2.84. The zero-order valence-corrected chi connectivity index (χ0v) is 10.7. The summed E-state index contributed by atoms with van der Waals surface area (Å²) < 4.78 is 11.0. The van der Waals surface area contributed by atoms with Gasteiger partial charge in [-0.15, -0.1) is 12.4 Å². The molecule has 1 fully saturated rings. The minimum Gasteiger partial charge on any atom is -0.468 e. The quantitative estimate of drug-likeness (QED) is 0.889. The first-order valence-electron chi connectivity index (χ1n) is 5.55. The first kappa shape index (κ1) is 13.6. The van der Waals surface area contributed by atoms with Gasteiger partial charge in [0, 0.05) is 12.6 Å². The molecular weight excluding hydrogens is 226 g/mol. The highest BCUT2D eigenvalue weighted by Crippen LogP contribution is 2.24. The molecule has 2 rings (SSSR count). The van der Waals surface area contributed by atoms with Gasteiger partial charge in [-0.3, -0.25) is 0 Å². The molecule has 1 aromatic rings. The van der Waals surface area contributed by atoms with Crippen LogP contribution in [0, 0.1) is 0 Å². The minimum atomic E-state index is 0. The Hall–Kier alpha value is -0.510. The Morgan fingerprint density at radius 1 is 1.50 bits per heavy atom. The molecule has 1 aromatic heterocycles. The first-order chi connectivity index (χ1) is 7.16. The topological polar surface area (TPSA) is 34.4 Å². The molecule has 0 saturated carbocycles. The average molecular weight is 246 g/mol. The van der Waals surface area contributed by atoms with Gasteiger partial charge in [0.2, 0.25) is 0 Å². The molecule has 2 heterocycles. The molecule has 0 bridgehead atoms. The second-order valence-electron chi connectivity index (χ2n) is 4.76. The van der Waals surface area contributed by atoms with Crippen LogP contribution in [-0.4, -0.2) is 18.2 Å². The van der Waals surface area contributed by atoms with Crippen LogP contribution in [0.5, 0.6) is 0 Å². The Kier molecular flexibility index (Phi) is 4.84. The van der Waals surface area contributed by atoms with Gasteiger partial charge in [0.1, 0.15) is 5.76 Å². The van der Waals surface area contributed by atoms with E-state index in [1.807, 2.05) is 12.1 Å². The summed E-state index contributed by atoms with van der Waals surface area (Å²) in [4.78, 5) is 0. The maximum atomic E-state index is 5.67. The van der Waals surface area contributed by atoms with Crippen molar-refractivity contribution in [2.75, 3.05) is 6.61 Å². The van der Waals surface area contributed by atoms with E-state index < -0.39 is 0 Å². The summed E-state index contributed by atoms with van der Waals surface area (Å²) in [6.45, 7) is 5.96. The molecular formula is C12H20ClNO2. The van der Waals surface area contributed by atoms with Gasteiger partial charge in [-0.05, 0) is 38.8 Å². The zero-order chi connectivity index (χ0) is 10.7. The minimum absolute atomic E-state index is 0. The van der Waals surface area contributed by atoms with E-state index in [2.05, 4.69) is 19.2 Å². The highest BCUT2D eigenvalue weighted by atomic mass is 35.5. The van der Waals surface area contributed by atoms with E-state index in [-0.39, 0.29) is 18.0 Å². The van der Waals surface area contributed by atoms with Crippen LogP contribution in [0.2, 0.25) is 0 Å². The van der Waals surface area contributed by atoms with E-state index in [4.69, 9.17) is 9.15 Å². The van der Waals surface area contributed by atoms with Crippen molar-refractivity contribution >= 4 is 12.4 Å². The molecule has 0 aliphatic carbocycles. The Morgan fingerprint density at radius 3 is 2.94 bits per heavy atom. The van der Waals surface area contributed by atoms with Crippen molar-refractivity contribution in [2.24, 2.45) is 0 Å². The van der Waals surface area contributed by atoms with Crippen LogP contribution < -0.4 is 5.32 Å². The van der Waals surface area contributed by atoms with E-state index in [9.17, 15) is 0 Å². The van der Waals surface area contributed by atoms with E-state index >= 15 is 0 Å². The predicted octanol–water partition coefficient (Wildman–Crippen LogP) is 2.75. The first-order valence-corrected chi connectivity index (χ1v) is 5.55. The standard InChI is InChI=1S/C12H19NO2.ClH/c1-12(2)8-10(5-7-15-12)13-9-11-4-3-6-14-11;/h3-4,6,10,13H,5,7-9H2,1-2H3;1H. The Morgan fingerprint density at radius 2 is 2.31 bits per heavy atom. The van der Waals surface area contributed by atoms with E-state index in [1.54, 1.807) is 6.26 Å². The third kappa shape index (κ3) is 3.81. The van der Waals surface area contributed by atoms with Gasteiger partial charge in [-0.1, -0.05) is 0 Å². The number of rotatable bonds is 3. The Labute approximate surface area is 103 Å². The van der Waals surface area contributed by atoms with Crippen molar-refractivity contribution in [3.05, 3.63) is 24.2 Å². The summed E-state index contributed by atoms with van der Waals surface area (Å²) in [5.41, 5.74) is 0.0130. The van der Waals surface area contributed by atoms with Crippen LogP contribution in [0.1, 0.15) is 32.4 Å². The number of hydrogen-bond acceptors (Lipinski definition) is 3. The fraction of sp³-hybridized carbons (Fsp3) is 0.667. The molecule has 0 amide bonds. The van der Waals surface area contributed by atoms with Gasteiger partial charge < -0.3 is 14.5 Å². The van der Waals surface area contributed by atoms with Crippen molar-refractivity contribution in [3.63, 3.8) is 0 Å². The fourth-order valence-corrected chi connectivity index (χ4v) is 2.06. The van der Waals surface area contributed by atoms with Crippen molar-refractivity contribution in [1.82, 2.24) is 5.32 Å². The average Bonchev–Trinajstić information content (AvgIpc) is 2.65. The van der Waals surface area contributed by atoms with E-state index in [0.29, 0.717) is 6.04 Å². The maximum absolute atomic E-state index is 5.67. The van der Waals surface area contributed by atoms with Gasteiger partial charge in [0.25, 0.3) is 0 Å². The van der Waals surface area contributed by atoms with Crippen molar-refractivity contribution in [1.29, 1.82) is 0 Å². The van der Waals surface area contributed by atoms with E-state index in [1.165, 1.54) is 0 Å². The van der Waals surface area contributed by atoms with Gasteiger partial charge in [0.05, 0.1) is 18.4 Å². The molecule has 4 heteroatoms. The lowest BCUT2D eigenvalue weighted by molar-refractivity contribution is -0.0632. The van der Waals surface area contributed by atoms with Gasteiger partial charge in [-0.2, -0.15) is 0 Å². The van der Waals surface area contributed by atoms with Crippen LogP contribution in [0.25, 0.3) is 0 Å². The van der Waals surface area contributed by atoms with Gasteiger partial charge in [-0.25, -0.2) is 0 Å². The lowest BCUT2D eigenvalue weighted by Crippen LogP contribution is -2.43. The molecule has 1 saturated heterocycles. The number of furan rings is 1. The van der Waals surface area contributed by atoms with Crippen LogP contribution >= 0.6 is 12.4 Å². The van der Waals surface area contributed by atoms with Gasteiger partial charge in [0.15, 0.2) is 0 Å². The molecule has 1 N–H and O–H groups in total.